The molecule has 6 N–H and O–H groups in total. The monoisotopic (exact) mass is 456 g/mol. The highest BCUT2D eigenvalue weighted by Gasteiger charge is 2.28. The number of benzene rings is 3. The van der Waals surface area contributed by atoms with Crippen LogP contribution in [-0.4, -0.2) is 21.9 Å². The van der Waals surface area contributed by atoms with Gasteiger partial charge in [0.15, 0.2) is 0 Å². The van der Waals surface area contributed by atoms with Gasteiger partial charge in [0.1, 0.15) is 11.6 Å². The molecule has 8 nitrogen and oxygen atoms in total. The highest BCUT2D eigenvalue weighted by Crippen LogP contribution is 2.36. The summed E-state index contributed by atoms with van der Waals surface area (Å²) in [6, 6.07) is 14.2. The van der Waals surface area contributed by atoms with Crippen molar-refractivity contribution in [1.29, 1.82) is 0 Å². The maximum Gasteiger partial charge on any atom is 0.323 e. The van der Waals surface area contributed by atoms with Gasteiger partial charge in [-0.1, -0.05) is 12.1 Å². The SMILES string of the molecule is Cc1cnc(-c2ccc(-c3ccc(NC(=O)Nc4cccc(N)c4)cc3F)c3c2C(=O)NC3)[nH]1. The molecule has 0 fully saturated rings. The molecule has 170 valence electrons. The lowest BCUT2D eigenvalue weighted by Crippen LogP contribution is -2.19. The number of aryl methyl sites for hydroxylation is 1. The van der Waals surface area contributed by atoms with Crippen LogP contribution in [0.25, 0.3) is 22.5 Å². The van der Waals surface area contributed by atoms with Crippen LogP contribution in [0.15, 0.2) is 60.8 Å². The Bertz CT molecular complexity index is 1450. The molecule has 1 aromatic heterocycles. The number of aromatic amines is 1. The van der Waals surface area contributed by atoms with Gasteiger partial charge >= 0.3 is 6.03 Å². The standard InChI is InChI=1S/C25H21FN6O2/c1-13-11-28-23(30-13)19-8-7-17(20-12-29-24(33)22(19)20)18-6-5-16(10-21(18)26)32-25(34)31-15-4-2-3-14(27)9-15/h2-11H,12,27H2,1H3,(H,28,30)(H,29,33)(H2,31,32,34). The number of nitrogens with one attached hydrogen (secondary N) is 4. The van der Waals surface area contributed by atoms with E-state index in [-0.39, 0.29) is 11.6 Å². The molecule has 0 spiro atoms. The average Bonchev–Trinajstić information content (AvgIpc) is 3.40. The van der Waals surface area contributed by atoms with Crippen molar-refractivity contribution in [2.75, 3.05) is 16.4 Å². The fourth-order valence-corrected chi connectivity index (χ4v) is 4.07. The fraction of sp³-hybridized carbons (Fsp3) is 0.0800. The molecule has 1 aliphatic heterocycles. The number of aromatic nitrogens is 2. The average molecular weight is 456 g/mol. The van der Waals surface area contributed by atoms with Gasteiger partial charge in [0, 0.05) is 46.6 Å². The highest BCUT2D eigenvalue weighted by molar-refractivity contribution is 6.06. The Morgan fingerprint density at radius 3 is 2.47 bits per heavy atom. The maximum atomic E-state index is 15.1. The van der Waals surface area contributed by atoms with Crippen molar-refractivity contribution in [3.05, 3.63) is 83.4 Å². The molecule has 5 rings (SSSR count). The predicted molar refractivity (Wildman–Crippen MR) is 129 cm³/mol. The first kappa shape index (κ1) is 21.2. The summed E-state index contributed by atoms with van der Waals surface area (Å²) in [5.74, 6) is -0.161. The van der Waals surface area contributed by atoms with Gasteiger partial charge in [-0.3, -0.25) is 4.79 Å². The van der Waals surface area contributed by atoms with Crippen LogP contribution in [-0.2, 0) is 6.54 Å². The molecule has 3 aromatic carbocycles. The molecular formula is C25H21FN6O2. The number of hydrogen-bond donors (Lipinski definition) is 5. The van der Waals surface area contributed by atoms with Gasteiger partial charge in [0.05, 0.1) is 5.56 Å². The van der Waals surface area contributed by atoms with E-state index in [1.807, 2.05) is 6.92 Å². The van der Waals surface area contributed by atoms with Crippen LogP contribution in [0.1, 0.15) is 21.6 Å². The van der Waals surface area contributed by atoms with Gasteiger partial charge < -0.3 is 26.7 Å². The highest BCUT2D eigenvalue weighted by atomic mass is 19.1. The normalized spacial score (nSPS) is 12.2. The lowest BCUT2D eigenvalue weighted by molar-refractivity contribution is 0.0966. The molecule has 0 bridgehead atoms. The van der Waals surface area contributed by atoms with E-state index in [9.17, 15) is 9.59 Å². The summed E-state index contributed by atoms with van der Waals surface area (Å²) in [6.45, 7) is 2.17. The van der Waals surface area contributed by atoms with Gasteiger partial charge in [0.25, 0.3) is 5.91 Å². The molecule has 3 amide bonds. The molecule has 0 atom stereocenters. The maximum absolute atomic E-state index is 15.1. The van der Waals surface area contributed by atoms with Crippen LogP contribution >= 0.6 is 0 Å². The predicted octanol–water partition coefficient (Wildman–Crippen LogP) is 4.66. The summed E-state index contributed by atoms with van der Waals surface area (Å²) in [5.41, 5.74) is 10.7. The number of imidazole rings is 1. The molecule has 0 unspecified atom stereocenters. The molecule has 4 aromatic rings. The van der Waals surface area contributed by atoms with Gasteiger partial charge in [-0.05, 0) is 60.5 Å². The molecule has 1 aliphatic rings. The third-order valence-electron chi connectivity index (χ3n) is 5.59. The zero-order valence-electron chi connectivity index (χ0n) is 18.2. The molecular weight excluding hydrogens is 435 g/mol. The summed E-state index contributed by atoms with van der Waals surface area (Å²) in [4.78, 5) is 32.3. The van der Waals surface area contributed by atoms with E-state index in [2.05, 4.69) is 25.9 Å². The first-order chi connectivity index (χ1) is 16.4. The zero-order valence-corrected chi connectivity index (χ0v) is 18.2. The Morgan fingerprint density at radius 1 is 1.03 bits per heavy atom. The van der Waals surface area contributed by atoms with Crippen molar-refractivity contribution in [1.82, 2.24) is 15.3 Å². The number of urea groups is 1. The third-order valence-corrected chi connectivity index (χ3v) is 5.59. The Labute approximate surface area is 194 Å². The summed E-state index contributed by atoms with van der Waals surface area (Å²) < 4.78 is 15.1. The van der Waals surface area contributed by atoms with Crippen LogP contribution in [0.5, 0.6) is 0 Å². The summed E-state index contributed by atoms with van der Waals surface area (Å²) in [5, 5.41) is 8.08. The van der Waals surface area contributed by atoms with Crippen molar-refractivity contribution in [3.63, 3.8) is 0 Å². The largest absolute Gasteiger partial charge is 0.399 e. The number of halogens is 1. The lowest BCUT2D eigenvalue weighted by Gasteiger charge is -2.13. The Morgan fingerprint density at radius 2 is 1.76 bits per heavy atom. The number of nitrogens with zero attached hydrogens (tertiary/aromatic N) is 1. The van der Waals surface area contributed by atoms with Crippen LogP contribution in [0.4, 0.5) is 26.2 Å². The van der Waals surface area contributed by atoms with E-state index in [0.717, 1.165) is 5.69 Å². The van der Waals surface area contributed by atoms with Crippen LogP contribution in [0.2, 0.25) is 0 Å². The molecule has 2 heterocycles. The van der Waals surface area contributed by atoms with Gasteiger partial charge in [-0.2, -0.15) is 0 Å². The number of H-pyrrole nitrogens is 1. The summed E-state index contributed by atoms with van der Waals surface area (Å²) in [6.07, 6.45) is 1.69. The van der Waals surface area contributed by atoms with Crippen LogP contribution in [0, 0.1) is 12.7 Å². The van der Waals surface area contributed by atoms with E-state index < -0.39 is 11.8 Å². The molecule has 0 aliphatic carbocycles. The van der Waals surface area contributed by atoms with E-state index in [0.29, 0.717) is 51.6 Å². The van der Waals surface area contributed by atoms with Gasteiger partial charge in [0.2, 0.25) is 0 Å². The quantitative estimate of drug-likeness (QED) is 0.286. The number of fused-ring (bicyclic) bond motifs is 1. The lowest BCUT2D eigenvalue weighted by atomic mass is 9.92. The Kier molecular flexibility index (Phi) is 5.21. The first-order valence-electron chi connectivity index (χ1n) is 10.6. The van der Waals surface area contributed by atoms with E-state index in [4.69, 9.17) is 5.73 Å². The van der Waals surface area contributed by atoms with Crippen molar-refractivity contribution in [2.24, 2.45) is 0 Å². The zero-order chi connectivity index (χ0) is 23.8. The molecule has 0 radical (unpaired) electrons. The van der Waals surface area contributed by atoms with Crippen molar-refractivity contribution >= 4 is 29.0 Å². The second-order valence-electron chi connectivity index (χ2n) is 8.01. The number of carbonyl (C=O) groups is 2. The van der Waals surface area contributed by atoms with E-state index in [1.54, 1.807) is 54.7 Å². The minimum Gasteiger partial charge on any atom is -0.399 e. The van der Waals surface area contributed by atoms with E-state index in [1.165, 1.54) is 6.07 Å². The van der Waals surface area contributed by atoms with Crippen molar-refractivity contribution in [3.8, 4) is 22.5 Å². The minimum absolute atomic E-state index is 0.224. The number of nitrogen functional groups attached to an aromatic ring is 1. The van der Waals surface area contributed by atoms with Crippen LogP contribution in [0.3, 0.4) is 0 Å². The smallest absolute Gasteiger partial charge is 0.323 e. The number of nitrogens with two attached hydrogens (primary N) is 1. The summed E-state index contributed by atoms with van der Waals surface area (Å²) >= 11 is 0. The Balaban J connectivity index is 1.43. The topological polar surface area (TPSA) is 125 Å². The van der Waals surface area contributed by atoms with Crippen molar-refractivity contribution < 1.29 is 14.0 Å². The molecule has 34 heavy (non-hydrogen) atoms. The minimum atomic E-state index is -0.523. The Hall–Kier alpha value is -4.66. The number of amides is 3. The van der Waals surface area contributed by atoms with Gasteiger partial charge in [-0.15, -0.1) is 0 Å². The second-order valence-corrected chi connectivity index (χ2v) is 8.01. The number of rotatable bonds is 4. The number of anilines is 3. The second kappa shape index (κ2) is 8.36. The fourth-order valence-electron chi connectivity index (χ4n) is 4.07. The molecule has 0 saturated heterocycles. The van der Waals surface area contributed by atoms with E-state index >= 15 is 4.39 Å². The first-order valence-corrected chi connectivity index (χ1v) is 10.6. The van der Waals surface area contributed by atoms with Gasteiger partial charge in [-0.25, -0.2) is 14.2 Å². The third kappa shape index (κ3) is 3.95. The molecule has 9 heteroatoms. The molecule has 0 saturated carbocycles. The van der Waals surface area contributed by atoms with Crippen LogP contribution < -0.4 is 21.7 Å². The van der Waals surface area contributed by atoms with Crippen molar-refractivity contribution in [2.45, 2.75) is 13.5 Å². The number of carbonyl (C=O) groups excluding carboxylic acids is 2. The number of hydrogen-bond acceptors (Lipinski definition) is 4. The summed E-state index contributed by atoms with van der Waals surface area (Å²) in [7, 11) is 0.